The van der Waals surface area contributed by atoms with Crippen LogP contribution in [0, 0.1) is 6.92 Å². The summed E-state index contributed by atoms with van der Waals surface area (Å²) in [5.74, 6) is 1.01. The third-order valence-corrected chi connectivity index (χ3v) is 3.89. The zero-order chi connectivity index (χ0) is 19.2. The highest BCUT2D eigenvalue weighted by Crippen LogP contribution is 2.33. The highest BCUT2D eigenvalue weighted by atomic mass is 16.6. The lowest BCUT2D eigenvalue weighted by Crippen LogP contribution is -2.09. The first-order valence-corrected chi connectivity index (χ1v) is 8.21. The monoisotopic (exact) mass is 365 g/mol. The van der Waals surface area contributed by atoms with Crippen LogP contribution in [0.2, 0.25) is 0 Å². The zero-order valence-corrected chi connectivity index (χ0v) is 15.2. The topological polar surface area (TPSA) is 86.5 Å². The van der Waals surface area contributed by atoms with Gasteiger partial charge in [-0.15, -0.1) is 0 Å². The van der Waals surface area contributed by atoms with Crippen LogP contribution in [0.1, 0.15) is 11.1 Å². The average molecular weight is 365 g/mol. The molecular formula is C20H19N3O4. The minimum absolute atomic E-state index is 0.223. The molecule has 2 aromatic carbocycles. The molecule has 0 spiro atoms. The molecule has 138 valence electrons. The number of amides is 1. The molecule has 0 bridgehead atoms. The Labute approximate surface area is 156 Å². The van der Waals surface area contributed by atoms with Crippen molar-refractivity contribution in [1.29, 1.82) is 0 Å². The molecule has 0 saturated carbocycles. The molecule has 27 heavy (non-hydrogen) atoms. The summed E-state index contributed by atoms with van der Waals surface area (Å²) in [5, 5.41) is 10.3. The van der Waals surface area contributed by atoms with Gasteiger partial charge in [0.15, 0.2) is 17.2 Å². The summed E-state index contributed by atoms with van der Waals surface area (Å²) < 4.78 is 15.3. The highest BCUT2D eigenvalue weighted by Gasteiger charge is 2.16. The Hall–Kier alpha value is -3.61. The van der Waals surface area contributed by atoms with E-state index in [0.717, 1.165) is 11.1 Å². The second kappa shape index (κ2) is 8.18. The summed E-state index contributed by atoms with van der Waals surface area (Å²) in [7, 11) is 3.10. The van der Waals surface area contributed by atoms with Crippen LogP contribution in [0.3, 0.4) is 0 Å². The summed E-state index contributed by atoms with van der Waals surface area (Å²) in [6.07, 6.45) is 3.15. The Kier molecular flexibility index (Phi) is 5.51. The van der Waals surface area contributed by atoms with Crippen molar-refractivity contribution in [3.05, 3.63) is 59.7 Å². The Balaban J connectivity index is 1.77. The van der Waals surface area contributed by atoms with Crippen LogP contribution in [-0.2, 0) is 4.79 Å². The summed E-state index contributed by atoms with van der Waals surface area (Å²) in [4.78, 5) is 12.2. The van der Waals surface area contributed by atoms with Crippen molar-refractivity contribution < 1.29 is 18.9 Å². The first kappa shape index (κ1) is 18.2. The van der Waals surface area contributed by atoms with Gasteiger partial charge in [0.25, 0.3) is 0 Å². The fourth-order valence-electron chi connectivity index (χ4n) is 2.45. The zero-order valence-electron chi connectivity index (χ0n) is 15.2. The van der Waals surface area contributed by atoms with E-state index < -0.39 is 0 Å². The third-order valence-electron chi connectivity index (χ3n) is 3.89. The molecule has 0 atom stereocenters. The van der Waals surface area contributed by atoms with Crippen molar-refractivity contribution in [2.75, 3.05) is 19.5 Å². The van der Waals surface area contributed by atoms with E-state index in [1.54, 1.807) is 38.5 Å². The van der Waals surface area contributed by atoms with E-state index in [0.29, 0.717) is 22.8 Å². The minimum atomic E-state index is -0.340. The molecule has 1 N–H and O–H groups in total. The van der Waals surface area contributed by atoms with Crippen LogP contribution < -0.4 is 14.8 Å². The summed E-state index contributed by atoms with van der Waals surface area (Å²) in [5.41, 5.74) is 3.15. The van der Waals surface area contributed by atoms with Gasteiger partial charge in [0.2, 0.25) is 11.7 Å². The van der Waals surface area contributed by atoms with E-state index in [-0.39, 0.29) is 11.7 Å². The number of carbonyl (C=O) groups excluding carboxylic acids is 1. The summed E-state index contributed by atoms with van der Waals surface area (Å²) in [6.45, 7) is 2.01. The number of aryl methyl sites for hydroxylation is 1. The maximum Gasteiger partial charge on any atom is 0.249 e. The Morgan fingerprint density at radius 3 is 2.48 bits per heavy atom. The van der Waals surface area contributed by atoms with Crippen molar-refractivity contribution in [2.24, 2.45) is 0 Å². The van der Waals surface area contributed by atoms with Crippen molar-refractivity contribution in [1.82, 2.24) is 10.3 Å². The van der Waals surface area contributed by atoms with Crippen LogP contribution in [0.25, 0.3) is 17.3 Å². The van der Waals surface area contributed by atoms with Gasteiger partial charge in [0.1, 0.15) is 0 Å². The molecule has 0 fully saturated rings. The normalized spacial score (nSPS) is 10.8. The predicted octanol–water partition coefficient (Wildman–Crippen LogP) is 3.71. The Morgan fingerprint density at radius 2 is 1.78 bits per heavy atom. The SMILES string of the molecule is COc1ccc(-c2nonc2NC(=O)/C=C/c2ccc(C)cc2)cc1OC. The van der Waals surface area contributed by atoms with Gasteiger partial charge in [-0.1, -0.05) is 29.8 Å². The quantitative estimate of drug-likeness (QED) is 0.670. The highest BCUT2D eigenvalue weighted by molar-refractivity contribution is 6.03. The number of rotatable bonds is 6. The first-order chi connectivity index (χ1) is 13.1. The van der Waals surface area contributed by atoms with E-state index >= 15 is 0 Å². The number of hydrogen-bond acceptors (Lipinski definition) is 6. The van der Waals surface area contributed by atoms with Gasteiger partial charge in [-0.3, -0.25) is 4.79 Å². The molecule has 0 saturated heterocycles. The molecule has 0 aliphatic heterocycles. The van der Waals surface area contributed by atoms with E-state index in [1.807, 2.05) is 31.2 Å². The summed E-state index contributed by atoms with van der Waals surface area (Å²) in [6, 6.07) is 13.1. The molecule has 0 unspecified atom stereocenters. The fourth-order valence-corrected chi connectivity index (χ4v) is 2.45. The lowest BCUT2D eigenvalue weighted by molar-refractivity contribution is -0.111. The van der Waals surface area contributed by atoms with Gasteiger partial charge in [-0.25, -0.2) is 4.63 Å². The van der Waals surface area contributed by atoms with Crippen LogP contribution >= 0.6 is 0 Å². The van der Waals surface area contributed by atoms with Gasteiger partial charge < -0.3 is 14.8 Å². The molecule has 1 heterocycles. The van der Waals surface area contributed by atoms with E-state index in [4.69, 9.17) is 14.1 Å². The fraction of sp³-hybridized carbons (Fsp3) is 0.150. The molecule has 0 aliphatic carbocycles. The standard InChI is InChI=1S/C20H19N3O4/c1-13-4-6-14(7-5-13)8-11-18(24)21-20-19(22-27-23-20)15-9-10-16(25-2)17(12-15)26-3/h4-12H,1-3H3,(H,21,23,24)/b11-8+. The molecule has 0 radical (unpaired) electrons. The average Bonchev–Trinajstić information content (AvgIpc) is 3.15. The summed E-state index contributed by atoms with van der Waals surface area (Å²) >= 11 is 0. The van der Waals surface area contributed by atoms with Crippen molar-refractivity contribution in [3.63, 3.8) is 0 Å². The van der Waals surface area contributed by atoms with Gasteiger partial charge in [-0.05, 0) is 47.1 Å². The van der Waals surface area contributed by atoms with E-state index in [1.165, 1.54) is 6.08 Å². The third kappa shape index (κ3) is 4.33. The molecule has 7 nitrogen and oxygen atoms in total. The Morgan fingerprint density at radius 1 is 1.04 bits per heavy atom. The Bertz CT molecular complexity index is 962. The number of ether oxygens (including phenoxy) is 2. The molecule has 0 aliphatic rings. The number of benzene rings is 2. The molecule has 1 amide bonds. The van der Waals surface area contributed by atoms with Gasteiger partial charge in [0.05, 0.1) is 14.2 Å². The van der Waals surface area contributed by atoms with Crippen LogP contribution in [0.15, 0.2) is 53.2 Å². The van der Waals surface area contributed by atoms with Crippen LogP contribution in [-0.4, -0.2) is 30.4 Å². The number of nitrogens with zero attached hydrogens (tertiary/aromatic N) is 2. The number of aromatic nitrogens is 2. The largest absolute Gasteiger partial charge is 0.493 e. The van der Waals surface area contributed by atoms with Gasteiger partial charge >= 0.3 is 0 Å². The van der Waals surface area contributed by atoms with Crippen molar-refractivity contribution in [2.45, 2.75) is 6.92 Å². The molecular weight excluding hydrogens is 346 g/mol. The van der Waals surface area contributed by atoms with E-state index in [2.05, 4.69) is 15.6 Å². The van der Waals surface area contributed by atoms with Crippen LogP contribution in [0.4, 0.5) is 5.82 Å². The number of carbonyl (C=O) groups is 1. The number of nitrogens with one attached hydrogen (secondary N) is 1. The van der Waals surface area contributed by atoms with Gasteiger partial charge in [-0.2, -0.15) is 0 Å². The van der Waals surface area contributed by atoms with Gasteiger partial charge in [0, 0.05) is 11.6 Å². The number of hydrogen-bond donors (Lipinski definition) is 1. The second-order valence-electron chi connectivity index (χ2n) is 5.76. The second-order valence-corrected chi connectivity index (χ2v) is 5.76. The lowest BCUT2D eigenvalue weighted by atomic mass is 10.1. The molecule has 1 aromatic heterocycles. The van der Waals surface area contributed by atoms with Crippen LogP contribution in [0.5, 0.6) is 11.5 Å². The molecule has 3 aromatic rings. The minimum Gasteiger partial charge on any atom is -0.493 e. The predicted molar refractivity (Wildman–Crippen MR) is 102 cm³/mol. The van der Waals surface area contributed by atoms with Crippen molar-refractivity contribution >= 4 is 17.8 Å². The molecule has 7 heteroatoms. The first-order valence-electron chi connectivity index (χ1n) is 8.21. The number of methoxy groups -OCH3 is 2. The molecule has 3 rings (SSSR count). The smallest absolute Gasteiger partial charge is 0.249 e. The maximum atomic E-state index is 12.2. The maximum absolute atomic E-state index is 12.2. The van der Waals surface area contributed by atoms with Crippen molar-refractivity contribution in [3.8, 4) is 22.8 Å². The van der Waals surface area contributed by atoms with E-state index in [9.17, 15) is 4.79 Å². The number of anilines is 1. The lowest BCUT2D eigenvalue weighted by Gasteiger charge is -2.08.